The first-order valence-electron chi connectivity index (χ1n) is 8.39. The predicted octanol–water partition coefficient (Wildman–Crippen LogP) is 2.67. The molecule has 7 heteroatoms. The average molecular weight is 462 g/mol. The third-order valence-corrected chi connectivity index (χ3v) is 2.90. The zero-order valence-corrected chi connectivity index (χ0v) is 18.1. The molecule has 0 unspecified atom stereocenters. The number of nitrogens with zero attached hydrogens (tertiary/aromatic N) is 1. The lowest BCUT2D eigenvalue weighted by Crippen LogP contribution is -2.48. The van der Waals surface area contributed by atoms with Crippen LogP contribution >= 0.6 is 24.0 Å². The number of hydrogen-bond acceptors (Lipinski definition) is 3. The highest BCUT2D eigenvalue weighted by Gasteiger charge is 2.13. The fourth-order valence-corrected chi connectivity index (χ4v) is 2.04. The van der Waals surface area contributed by atoms with Crippen LogP contribution in [0.5, 0.6) is 5.75 Å². The molecular weight excluding hydrogens is 431 g/mol. The van der Waals surface area contributed by atoms with E-state index in [4.69, 9.17) is 4.74 Å². The number of benzene rings is 1. The Morgan fingerprint density at radius 2 is 1.92 bits per heavy atom. The highest BCUT2D eigenvalue weighted by atomic mass is 127. The molecule has 0 heterocycles. The van der Waals surface area contributed by atoms with Crippen molar-refractivity contribution in [2.45, 2.75) is 46.7 Å². The second-order valence-corrected chi connectivity index (χ2v) is 6.43. The quantitative estimate of drug-likeness (QED) is 0.331. The van der Waals surface area contributed by atoms with E-state index in [0.717, 1.165) is 17.9 Å². The molecule has 25 heavy (non-hydrogen) atoms. The molecule has 142 valence electrons. The molecule has 0 atom stereocenters. The molecule has 0 aromatic heterocycles. The van der Waals surface area contributed by atoms with Gasteiger partial charge in [-0.05, 0) is 52.3 Å². The van der Waals surface area contributed by atoms with Crippen molar-refractivity contribution in [2.75, 3.05) is 19.7 Å². The summed E-state index contributed by atoms with van der Waals surface area (Å²) in [7, 11) is 0. The van der Waals surface area contributed by atoms with Crippen LogP contribution in [0.1, 0.15) is 40.2 Å². The molecule has 0 aliphatic rings. The molecule has 1 aromatic rings. The van der Waals surface area contributed by atoms with Gasteiger partial charge in [-0.3, -0.25) is 4.79 Å². The molecule has 1 amide bonds. The summed E-state index contributed by atoms with van der Waals surface area (Å²) in [5.41, 5.74) is 0.811. The highest BCUT2D eigenvalue weighted by Crippen LogP contribution is 2.13. The fraction of sp³-hybridized carbons (Fsp3) is 0.556. The van der Waals surface area contributed by atoms with Gasteiger partial charge in [0, 0.05) is 12.1 Å². The zero-order valence-electron chi connectivity index (χ0n) is 15.8. The maximum absolute atomic E-state index is 11.9. The Morgan fingerprint density at radius 1 is 1.20 bits per heavy atom. The summed E-state index contributed by atoms with van der Waals surface area (Å²) in [6.45, 7) is 11.9. The molecule has 3 N–H and O–H groups in total. The Morgan fingerprint density at radius 3 is 2.52 bits per heavy atom. The van der Waals surface area contributed by atoms with Crippen molar-refractivity contribution in [1.29, 1.82) is 0 Å². The van der Waals surface area contributed by atoms with Gasteiger partial charge in [0.2, 0.25) is 5.91 Å². The van der Waals surface area contributed by atoms with Gasteiger partial charge in [0.1, 0.15) is 5.75 Å². The van der Waals surface area contributed by atoms with Gasteiger partial charge < -0.3 is 20.7 Å². The van der Waals surface area contributed by atoms with Crippen LogP contribution in [0.3, 0.4) is 0 Å². The molecule has 0 aliphatic heterocycles. The van der Waals surface area contributed by atoms with E-state index in [0.29, 0.717) is 19.1 Å². The van der Waals surface area contributed by atoms with Crippen LogP contribution in [-0.2, 0) is 11.3 Å². The van der Waals surface area contributed by atoms with E-state index in [9.17, 15) is 4.79 Å². The number of aliphatic imine (C=N–C) groups is 1. The van der Waals surface area contributed by atoms with Gasteiger partial charge in [-0.25, -0.2) is 4.99 Å². The first-order valence-corrected chi connectivity index (χ1v) is 8.39. The lowest BCUT2D eigenvalue weighted by atomic mass is 10.1. The SMILES string of the molecule is CCNC(=NCc1cccc(OCC)c1)NCC(=O)NC(C)(C)C.I. The number of rotatable bonds is 7. The molecule has 0 radical (unpaired) electrons. The number of halogens is 1. The van der Waals surface area contributed by atoms with Crippen molar-refractivity contribution in [1.82, 2.24) is 16.0 Å². The van der Waals surface area contributed by atoms with Crippen LogP contribution in [0.2, 0.25) is 0 Å². The standard InChI is InChI=1S/C18H30N4O2.HI/c1-6-19-17(21-13-16(23)22-18(3,4)5)20-12-14-9-8-10-15(11-14)24-7-2;/h8-11H,6-7,12-13H2,1-5H3,(H,22,23)(H2,19,20,21);1H. The Hall–Kier alpha value is -1.51. The summed E-state index contributed by atoms with van der Waals surface area (Å²) in [6.07, 6.45) is 0. The number of nitrogens with one attached hydrogen (secondary N) is 3. The van der Waals surface area contributed by atoms with Crippen molar-refractivity contribution in [3.8, 4) is 5.75 Å². The minimum atomic E-state index is -0.242. The molecule has 0 saturated carbocycles. The van der Waals surface area contributed by atoms with Crippen molar-refractivity contribution < 1.29 is 9.53 Å². The topological polar surface area (TPSA) is 74.8 Å². The van der Waals surface area contributed by atoms with Gasteiger partial charge in [0.25, 0.3) is 0 Å². The zero-order chi connectivity index (χ0) is 18.0. The van der Waals surface area contributed by atoms with E-state index in [-0.39, 0.29) is 42.0 Å². The Balaban J connectivity index is 0.00000576. The maximum atomic E-state index is 11.9. The van der Waals surface area contributed by atoms with E-state index in [1.807, 2.05) is 58.9 Å². The van der Waals surface area contributed by atoms with Gasteiger partial charge in [0.05, 0.1) is 19.7 Å². The molecule has 0 saturated heterocycles. The van der Waals surface area contributed by atoms with Crippen LogP contribution < -0.4 is 20.7 Å². The van der Waals surface area contributed by atoms with Crippen LogP contribution in [0.4, 0.5) is 0 Å². The summed E-state index contributed by atoms with van der Waals surface area (Å²) in [6, 6.07) is 7.86. The summed E-state index contributed by atoms with van der Waals surface area (Å²) in [5.74, 6) is 1.39. The van der Waals surface area contributed by atoms with Crippen LogP contribution in [0, 0.1) is 0 Å². The van der Waals surface area contributed by atoms with Gasteiger partial charge >= 0.3 is 0 Å². The lowest BCUT2D eigenvalue weighted by Gasteiger charge is -2.21. The third kappa shape index (κ3) is 10.9. The van der Waals surface area contributed by atoms with Gasteiger partial charge in [-0.15, -0.1) is 24.0 Å². The second kappa shape index (κ2) is 11.9. The Bertz CT molecular complexity index is 556. The van der Waals surface area contributed by atoms with Crippen molar-refractivity contribution in [3.05, 3.63) is 29.8 Å². The summed E-state index contributed by atoms with van der Waals surface area (Å²) in [5, 5.41) is 9.10. The van der Waals surface area contributed by atoms with Crippen LogP contribution in [0.15, 0.2) is 29.3 Å². The minimum absolute atomic E-state index is 0. The molecule has 1 rings (SSSR count). The normalized spacial score (nSPS) is 11.3. The molecule has 0 spiro atoms. The largest absolute Gasteiger partial charge is 0.494 e. The summed E-state index contributed by atoms with van der Waals surface area (Å²) >= 11 is 0. The van der Waals surface area contributed by atoms with E-state index < -0.39 is 0 Å². The van der Waals surface area contributed by atoms with Crippen molar-refractivity contribution in [3.63, 3.8) is 0 Å². The minimum Gasteiger partial charge on any atom is -0.494 e. The monoisotopic (exact) mass is 462 g/mol. The highest BCUT2D eigenvalue weighted by molar-refractivity contribution is 14.0. The number of amides is 1. The molecule has 1 aromatic carbocycles. The van der Waals surface area contributed by atoms with Gasteiger partial charge in [-0.2, -0.15) is 0 Å². The van der Waals surface area contributed by atoms with Gasteiger partial charge in [0.15, 0.2) is 5.96 Å². The number of carbonyl (C=O) groups excluding carboxylic acids is 1. The Kier molecular flexibility index (Phi) is 11.2. The van der Waals surface area contributed by atoms with E-state index in [1.165, 1.54) is 0 Å². The van der Waals surface area contributed by atoms with Crippen LogP contribution in [0.25, 0.3) is 0 Å². The number of guanidine groups is 1. The first kappa shape index (κ1) is 23.5. The summed E-state index contributed by atoms with van der Waals surface area (Å²) in [4.78, 5) is 16.4. The average Bonchev–Trinajstić information content (AvgIpc) is 2.49. The van der Waals surface area contributed by atoms with E-state index in [2.05, 4.69) is 20.9 Å². The number of ether oxygens (including phenoxy) is 1. The number of carbonyl (C=O) groups is 1. The van der Waals surface area contributed by atoms with E-state index >= 15 is 0 Å². The van der Waals surface area contributed by atoms with Crippen LogP contribution in [-0.4, -0.2) is 37.1 Å². The Labute approximate surface area is 168 Å². The molecule has 0 fully saturated rings. The summed E-state index contributed by atoms with van der Waals surface area (Å²) < 4.78 is 5.49. The molecule has 0 bridgehead atoms. The van der Waals surface area contributed by atoms with E-state index in [1.54, 1.807) is 0 Å². The van der Waals surface area contributed by atoms with Crippen molar-refractivity contribution in [2.24, 2.45) is 4.99 Å². The first-order chi connectivity index (χ1) is 11.3. The molecule has 0 aliphatic carbocycles. The van der Waals surface area contributed by atoms with Crippen molar-refractivity contribution >= 4 is 35.8 Å². The number of hydrogen-bond donors (Lipinski definition) is 3. The maximum Gasteiger partial charge on any atom is 0.239 e. The molecular formula is C18H31IN4O2. The fourth-order valence-electron chi connectivity index (χ4n) is 2.04. The van der Waals surface area contributed by atoms with Gasteiger partial charge in [-0.1, -0.05) is 12.1 Å². The molecule has 6 nitrogen and oxygen atoms in total. The predicted molar refractivity (Wildman–Crippen MR) is 114 cm³/mol. The smallest absolute Gasteiger partial charge is 0.239 e. The second-order valence-electron chi connectivity index (χ2n) is 6.43. The third-order valence-electron chi connectivity index (χ3n) is 2.90. The lowest BCUT2D eigenvalue weighted by molar-refractivity contribution is -0.121.